The number of ether oxygens (including phenoxy) is 1. The van der Waals surface area contributed by atoms with E-state index in [0.29, 0.717) is 17.9 Å². The summed E-state index contributed by atoms with van der Waals surface area (Å²) in [6.07, 6.45) is 1.51. The Kier molecular flexibility index (Phi) is 4.72. The van der Waals surface area contributed by atoms with E-state index in [-0.39, 0.29) is 23.5 Å². The van der Waals surface area contributed by atoms with Crippen molar-refractivity contribution in [1.29, 1.82) is 0 Å². The molecule has 0 saturated carbocycles. The van der Waals surface area contributed by atoms with E-state index >= 15 is 0 Å². The van der Waals surface area contributed by atoms with Gasteiger partial charge in [0.1, 0.15) is 5.75 Å². The predicted molar refractivity (Wildman–Crippen MR) is 82.6 cm³/mol. The van der Waals surface area contributed by atoms with Crippen LogP contribution < -0.4 is 15.4 Å². The minimum atomic E-state index is -2.94. The van der Waals surface area contributed by atoms with Gasteiger partial charge < -0.3 is 15.4 Å². The first-order valence-electron chi connectivity index (χ1n) is 6.82. The average molecular weight is 312 g/mol. The number of hydrogen-bond donors (Lipinski definition) is 2. The standard InChI is InChI=1S/C14H20N2O4S/c1-10(17)15-13-6-5-11(8-14(13)20-2)16-12-4-3-7-21(18,19)9-12/h5-6,8,12,16H,3-4,7,9H2,1-2H3,(H,15,17). The number of benzene rings is 1. The molecule has 1 amide bonds. The summed E-state index contributed by atoms with van der Waals surface area (Å²) in [5.74, 6) is 0.792. The normalized spacial score (nSPS) is 20.6. The topological polar surface area (TPSA) is 84.5 Å². The molecule has 1 aliphatic rings. The van der Waals surface area contributed by atoms with Crippen molar-refractivity contribution < 1.29 is 17.9 Å². The van der Waals surface area contributed by atoms with Gasteiger partial charge in [-0.1, -0.05) is 0 Å². The predicted octanol–water partition coefficient (Wildman–Crippen LogP) is 1.64. The van der Waals surface area contributed by atoms with Crippen LogP contribution in [0, 0.1) is 0 Å². The van der Waals surface area contributed by atoms with Gasteiger partial charge in [0.2, 0.25) is 5.91 Å². The van der Waals surface area contributed by atoms with E-state index in [1.165, 1.54) is 14.0 Å². The molecular formula is C14H20N2O4S. The van der Waals surface area contributed by atoms with Crippen LogP contribution in [0.4, 0.5) is 11.4 Å². The molecule has 0 radical (unpaired) electrons. The number of hydrogen-bond acceptors (Lipinski definition) is 5. The highest BCUT2D eigenvalue weighted by molar-refractivity contribution is 7.91. The van der Waals surface area contributed by atoms with Crippen LogP contribution in [-0.4, -0.2) is 39.0 Å². The molecule has 6 nitrogen and oxygen atoms in total. The molecule has 7 heteroatoms. The van der Waals surface area contributed by atoms with Crippen LogP contribution in [-0.2, 0) is 14.6 Å². The molecule has 1 unspecified atom stereocenters. The Balaban J connectivity index is 2.12. The smallest absolute Gasteiger partial charge is 0.221 e. The van der Waals surface area contributed by atoms with Gasteiger partial charge in [-0.3, -0.25) is 4.79 Å². The summed E-state index contributed by atoms with van der Waals surface area (Å²) >= 11 is 0. The highest BCUT2D eigenvalue weighted by Gasteiger charge is 2.24. The van der Waals surface area contributed by atoms with Gasteiger partial charge in [0.05, 0.1) is 24.3 Å². The first kappa shape index (κ1) is 15.6. The van der Waals surface area contributed by atoms with Crippen LogP contribution >= 0.6 is 0 Å². The lowest BCUT2D eigenvalue weighted by molar-refractivity contribution is -0.114. The number of anilines is 2. The summed E-state index contributed by atoms with van der Waals surface area (Å²) in [7, 11) is -1.42. The van der Waals surface area contributed by atoms with Gasteiger partial charge in [-0.05, 0) is 25.0 Å². The molecule has 116 valence electrons. The number of rotatable bonds is 4. The van der Waals surface area contributed by atoms with Gasteiger partial charge in [-0.25, -0.2) is 8.42 Å². The van der Waals surface area contributed by atoms with Crippen molar-refractivity contribution in [2.24, 2.45) is 0 Å². The fourth-order valence-electron chi connectivity index (χ4n) is 2.45. The van der Waals surface area contributed by atoms with E-state index < -0.39 is 9.84 Å². The van der Waals surface area contributed by atoms with Crippen molar-refractivity contribution in [2.45, 2.75) is 25.8 Å². The second-order valence-electron chi connectivity index (χ2n) is 5.19. The van der Waals surface area contributed by atoms with E-state index in [4.69, 9.17) is 4.74 Å². The lowest BCUT2D eigenvalue weighted by Crippen LogP contribution is -2.34. The lowest BCUT2D eigenvalue weighted by Gasteiger charge is -2.24. The van der Waals surface area contributed by atoms with Crippen LogP contribution in [0.1, 0.15) is 19.8 Å². The number of sulfone groups is 1. The van der Waals surface area contributed by atoms with Crippen LogP contribution in [0.25, 0.3) is 0 Å². The van der Waals surface area contributed by atoms with E-state index in [9.17, 15) is 13.2 Å². The minimum Gasteiger partial charge on any atom is -0.494 e. The zero-order valence-corrected chi connectivity index (χ0v) is 13.0. The van der Waals surface area contributed by atoms with E-state index in [2.05, 4.69) is 10.6 Å². The monoisotopic (exact) mass is 312 g/mol. The quantitative estimate of drug-likeness (QED) is 0.883. The van der Waals surface area contributed by atoms with Gasteiger partial charge in [0.15, 0.2) is 9.84 Å². The molecule has 1 fully saturated rings. The third kappa shape index (κ3) is 4.35. The summed E-state index contributed by atoms with van der Waals surface area (Å²) in [6.45, 7) is 1.43. The van der Waals surface area contributed by atoms with Crippen LogP contribution in [0.15, 0.2) is 18.2 Å². The maximum atomic E-state index is 11.6. The SMILES string of the molecule is COc1cc(NC2CCCS(=O)(=O)C2)ccc1NC(C)=O. The molecule has 0 aromatic heterocycles. The fraction of sp³-hybridized carbons (Fsp3) is 0.500. The highest BCUT2D eigenvalue weighted by Crippen LogP contribution is 2.29. The van der Waals surface area contributed by atoms with Gasteiger partial charge in [0, 0.05) is 24.7 Å². The number of nitrogens with one attached hydrogen (secondary N) is 2. The molecule has 2 N–H and O–H groups in total. The van der Waals surface area contributed by atoms with E-state index in [1.807, 2.05) is 0 Å². The maximum absolute atomic E-state index is 11.6. The van der Waals surface area contributed by atoms with Crippen molar-refractivity contribution in [2.75, 3.05) is 29.2 Å². The summed E-state index contributed by atoms with van der Waals surface area (Å²) in [4.78, 5) is 11.1. The molecular weight excluding hydrogens is 292 g/mol. The molecule has 0 aliphatic carbocycles. The molecule has 0 spiro atoms. The van der Waals surface area contributed by atoms with Crippen molar-refractivity contribution in [3.05, 3.63) is 18.2 Å². The molecule has 0 bridgehead atoms. The van der Waals surface area contributed by atoms with Crippen molar-refractivity contribution in [3.63, 3.8) is 0 Å². The van der Waals surface area contributed by atoms with Gasteiger partial charge >= 0.3 is 0 Å². The number of methoxy groups -OCH3 is 1. The average Bonchev–Trinajstić information content (AvgIpc) is 2.38. The van der Waals surface area contributed by atoms with Crippen molar-refractivity contribution >= 4 is 27.1 Å². The zero-order valence-electron chi connectivity index (χ0n) is 12.2. The largest absolute Gasteiger partial charge is 0.494 e. The first-order chi connectivity index (χ1) is 9.89. The molecule has 1 atom stereocenters. The van der Waals surface area contributed by atoms with Crippen LogP contribution in [0.3, 0.4) is 0 Å². The molecule has 1 aromatic carbocycles. The van der Waals surface area contributed by atoms with Crippen molar-refractivity contribution in [3.8, 4) is 5.75 Å². The Morgan fingerprint density at radius 3 is 2.76 bits per heavy atom. The minimum absolute atomic E-state index is 0.0833. The molecule has 1 aromatic rings. The van der Waals surface area contributed by atoms with Gasteiger partial charge in [-0.2, -0.15) is 0 Å². The molecule has 21 heavy (non-hydrogen) atoms. The summed E-state index contributed by atoms with van der Waals surface area (Å²) in [6, 6.07) is 5.21. The molecule has 1 aliphatic heterocycles. The Morgan fingerprint density at radius 2 is 2.14 bits per heavy atom. The van der Waals surface area contributed by atoms with Crippen LogP contribution in [0.5, 0.6) is 5.75 Å². The first-order valence-corrected chi connectivity index (χ1v) is 8.64. The molecule has 2 rings (SSSR count). The second kappa shape index (κ2) is 6.34. The summed E-state index contributed by atoms with van der Waals surface area (Å²) in [5.41, 5.74) is 1.37. The third-order valence-electron chi connectivity index (χ3n) is 3.35. The summed E-state index contributed by atoms with van der Waals surface area (Å²) in [5, 5.41) is 5.90. The third-order valence-corrected chi connectivity index (χ3v) is 5.17. The fourth-order valence-corrected chi connectivity index (χ4v) is 4.08. The maximum Gasteiger partial charge on any atom is 0.221 e. The Morgan fingerprint density at radius 1 is 1.38 bits per heavy atom. The molecule has 1 heterocycles. The number of carbonyl (C=O) groups is 1. The Hall–Kier alpha value is -1.76. The highest BCUT2D eigenvalue weighted by atomic mass is 32.2. The zero-order chi connectivity index (χ0) is 15.5. The Bertz CT molecular complexity index is 628. The van der Waals surface area contributed by atoms with E-state index in [1.54, 1.807) is 18.2 Å². The van der Waals surface area contributed by atoms with Crippen molar-refractivity contribution in [1.82, 2.24) is 0 Å². The number of amides is 1. The lowest BCUT2D eigenvalue weighted by atomic mass is 10.1. The summed E-state index contributed by atoms with van der Waals surface area (Å²) < 4.78 is 28.5. The molecule has 1 saturated heterocycles. The van der Waals surface area contributed by atoms with E-state index in [0.717, 1.165) is 12.1 Å². The Labute approximate surface area is 124 Å². The van der Waals surface area contributed by atoms with Gasteiger partial charge in [0.25, 0.3) is 0 Å². The van der Waals surface area contributed by atoms with Crippen LogP contribution in [0.2, 0.25) is 0 Å². The number of carbonyl (C=O) groups excluding carboxylic acids is 1. The second-order valence-corrected chi connectivity index (χ2v) is 7.42. The van der Waals surface area contributed by atoms with Gasteiger partial charge in [-0.15, -0.1) is 0 Å².